The number of nitrogens with zero attached hydrogens (tertiary/aromatic N) is 6. The van der Waals surface area contributed by atoms with E-state index in [4.69, 9.17) is 4.98 Å². The number of carbonyl (C=O) groups excluding carboxylic acids is 1. The fourth-order valence-electron chi connectivity index (χ4n) is 8.36. The number of para-hydroxylation sites is 1. The van der Waals surface area contributed by atoms with Gasteiger partial charge in [0, 0.05) is 82.2 Å². The number of imidazole rings is 1. The number of rotatable bonds is 10. The molecule has 3 aromatic carbocycles. The summed E-state index contributed by atoms with van der Waals surface area (Å²) in [6, 6.07) is 33.0. The van der Waals surface area contributed by atoms with Gasteiger partial charge in [-0.1, -0.05) is 78.9 Å². The fourth-order valence-corrected chi connectivity index (χ4v) is 8.36. The van der Waals surface area contributed by atoms with E-state index in [1.807, 2.05) is 53.2 Å². The summed E-state index contributed by atoms with van der Waals surface area (Å²) in [5.41, 5.74) is 6.26. The lowest BCUT2D eigenvalue weighted by molar-refractivity contribution is 0.104. The van der Waals surface area contributed by atoms with Crippen LogP contribution in [0, 0.1) is 6.92 Å². The summed E-state index contributed by atoms with van der Waals surface area (Å²) in [7, 11) is 1.91. The Morgan fingerprint density at radius 2 is 1.48 bits per heavy atom. The lowest BCUT2D eigenvalue weighted by Gasteiger charge is -2.41. The first-order valence-corrected chi connectivity index (χ1v) is 17.2. The number of benzene rings is 3. The molecule has 3 aliphatic heterocycles. The average Bonchev–Trinajstić information content (AvgIpc) is 3.53. The molecule has 7 rings (SSSR count). The summed E-state index contributed by atoms with van der Waals surface area (Å²) in [4.78, 5) is 28.0. The maximum atomic E-state index is 13.7. The zero-order valence-electron chi connectivity index (χ0n) is 27.5. The van der Waals surface area contributed by atoms with Crippen molar-refractivity contribution in [3.8, 4) is 0 Å². The summed E-state index contributed by atoms with van der Waals surface area (Å²) in [6.45, 7) is 7.61. The molecule has 240 valence electrons. The summed E-state index contributed by atoms with van der Waals surface area (Å²) in [5.74, 6) is 1.20. The zero-order valence-corrected chi connectivity index (χ0v) is 27.5. The van der Waals surface area contributed by atoms with Crippen LogP contribution in [-0.4, -0.2) is 69.0 Å². The molecule has 7 heteroatoms. The van der Waals surface area contributed by atoms with Gasteiger partial charge in [-0.15, -0.1) is 0 Å². The van der Waals surface area contributed by atoms with E-state index in [0.717, 1.165) is 56.8 Å². The molecule has 0 saturated carbocycles. The van der Waals surface area contributed by atoms with Gasteiger partial charge in [0.2, 0.25) is 0 Å². The van der Waals surface area contributed by atoms with Crippen LogP contribution in [0.15, 0.2) is 91.0 Å². The molecule has 2 saturated heterocycles. The normalized spacial score (nSPS) is 21.2. The highest BCUT2D eigenvalue weighted by molar-refractivity contribution is 5.91. The van der Waals surface area contributed by atoms with E-state index in [0.29, 0.717) is 24.7 Å². The number of hydrogen-bond donors (Lipinski definition) is 0. The minimum Gasteiger partial charge on any atom is -0.329 e. The summed E-state index contributed by atoms with van der Waals surface area (Å²) in [6.07, 6.45) is 7.02. The molecule has 0 N–H and O–H groups in total. The van der Waals surface area contributed by atoms with Gasteiger partial charge in [0.05, 0.1) is 5.69 Å². The largest absolute Gasteiger partial charge is 0.329 e. The molecule has 7 nitrogen and oxygen atoms in total. The van der Waals surface area contributed by atoms with Crippen molar-refractivity contribution in [3.63, 3.8) is 0 Å². The first-order valence-electron chi connectivity index (χ1n) is 17.2. The van der Waals surface area contributed by atoms with Crippen LogP contribution in [0.25, 0.3) is 0 Å². The number of aryl methyl sites for hydroxylation is 1. The monoisotopic (exact) mass is 616 g/mol. The highest BCUT2D eigenvalue weighted by Gasteiger charge is 2.42. The minimum atomic E-state index is 0.0550. The molecule has 0 radical (unpaired) electrons. The Morgan fingerprint density at radius 3 is 2.15 bits per heavy atom. The SMILES string of the molecule is Cc1nc2c(n1C1CC3CCC(C1)N3CCCN(C(=O)N(C)Cc1ccccc1)c1ccccc1)CCN(Cc1ccccc1)C2. The van der Waals surface area contributed by atoms with Gasteiger partial charge in [-0.2, -0.15) is 0 Å². The second-order valence-electron chi connectivity index (χ2n) is 13.6. The summed E-state index contributed by atoms with van der Waals surface area (Å²) >= 11 is 0. The van der Waals surface area contributed by atoms with Crippen molar-refractivity contribution >= 4 is 11.7 Å². The standard InChI is InChI=1S/C39H48N6O/c1-30-40-37-29-42(28-32-15-8-4-9-16-32)24-21-38(37)45(30)36-25-34-19-20-35(26-36)43(34)22-12-23-44(33-17-10-5-11-18-33)39(46)41(2)27-31-13-6-3-7-14-31/h3-11,13-18,34-36H,12,19-29H2,1-2H3. The highest BCUT2D eigenvalue weighted by Crippen LogP contribution is 2.42. The van der Waals surface area contributed by atoms with Crippen molar-refractivity contribution in [3.05, 3.63) is 119 Å². The lowest BCUT2D eigenvalue weighted by atomic mass is 9.95. The molecule has 2 unspecified atom stereocenters. The highest BCUT2D eigenvalue weighted by atomic mass is 16.2. The molecule has 4 aromatic rings. The van der Waals surface area contributed by atoms with Gasteiger partial charge < -0.3 is 9.47 Å². The van der Waals surface area contributed by atoms with E-state index in [2.05, 4.69) is 75.9 Å². The van der Waals surface area contributed by atoms with Crippen molar-refractivity contribution in [2.24, 2.45) is 0 Å². The van der Waals surface area contributed by atoms with E-state index < -0.39 is 0 Å². The van der Waals surface area contributed by atoms with Gasteiger partial charge in [0.1, 0.15) is 5.82 Å². The minimum absolute atomic E-state index is 0.0550. The number of fused-ring (bicyclic) bond motifs is 3. The lowest BCUT2D eigenvalue weighted by Crippen LogP contribution is -2.46. The predicted molar refractivity (Wildman–Crippen MR) is 185 cm³/mol. The van der Waals surface area contributed by atoms with Gasteiger partial charge in [-0.05, 0) is 62.3 Å². The molecule has 2 fully saturated rings. The first-order chi connectivity index (χ1) is 22.5. The Morgan fingerprint density at radius 1 is 0.848 bits per heavy atom. The van der Waals surface area contributed by atoms with Gasteiger partial charge in [-0.3, -0.25) is 14.7 Å². The topological polar surface area (TPSA) is 47.9 Å². The second-order valence-corrected chi connectivity index (χ2v) is 13.6. The summed E-state index contributed by atoms with van der Waals surface area (Å²) < 4.78 is 2.64. The van der Waals surface area contributed by atoms with Crippen LogP contribution in [0.4, 0.5) is 10.5 Å². The van der Waals surface area contributed by atoms with Crippen LogP contribution in [0.2, 0.25) is 0 Å². The van der Waals surface area contributed by atoms with Crippen molar-refractivity contribution < 1.29 is 4.79 Å². The Hall–Kier alpha value is -3.94. The van der Waals surface area contributed by atoms with E-state index in [1.165, 1.54) is 48.5 Å². The van der Waals surface area contributed by atoms with Crippen LogP contribution in [0.1, 0.15) is 66.5 Å². The van der Waals surface area contributed by atoms with E-state index in [-0.39, 0.29) is 6.03 Å². The quantitative estimate of drug-likeness (QED) is 0.191. The molecular weight excluding hydrogens is 568 g/mol. The van der Waals surface area contributed by atoms with Gasteiger partial charge in [0.25, 0.3) is 0 Å². The Balaban J connectivity index is 0.975. The molecular formula is C39H48N6O. The maximum Gasteiger partial charge on any atom is 0.324 e. The van der Waals surface area contributed by atoms with Crippen molar-refractivity contribution in [1.29, 1.82) is 0 Å². The Labute approximate surface area is 274 Å². The van der Waals surface area contributed by atoms with Gasteiger partial charge in [0.15, 0.2) is 0 Å². The summed E-state index contributed by atoms with van der Waals surface area (Å²) in [5, 5.41) is 0. The average molecular weight is 617 g/mol. The molecule has 1 aromatic heterocycles. The van der Waals surface area contributed by atoms with E-state index in [9.17, 15) is 4.79 Å². The second kappa shape index (κ2) is 13.8. The van der Waals surface area contributed by atoms with Crippen LogP contribution in [0.3, 0.4) is 0 Å². The third-order valence-corrected chi connectivity index (χ3v) is 10.5. The van der Waals surface area contributed by atoms with Crippen molar-refractivity contribution in [2.75, 3.05) is 31.6 Å². The molecule has 46 heavy (non-hydrogen) atoms. The third kappa shape index (κ3) is 6.62. The van der Waals surface area contributed by atoms with Crippen LogP contribution in [-0.2, 0) is 26.1 Å². The zero-order chi connectivity index (χ0) is 31.5. The number of aromatic nitrogens is 2. The van der Waals surface area contributed by atoms with E-state index >= 15 is 0 Å². The first kappa shape index (κ1) is 30.7. The van der Waals surface area contributed by atoms with E-state index in [1.54, 1.807) is 0 Å². The van der Waals surface area contributed by atoms with Gasteiger partial charge in [-0.25, -0.2) is 9.78 Å². The molecule has 0 aliphatic carbocycles. The van der Waals surface area contributed by atoms with Gasteiger partial charge >= 0.3 is 6.03 Å². The fraction of sp³-hybridized carbons (Fsp3) is 0.436. The number of piperidine rings is 1. The molecule has 2 amide bonds. The van der Waals surface area contributed by atoms with Crippen molar-refractivity contribution in [1.82, 2.24) is 24.3 Å². The number of carbonyl (C=O) groups is 1. The van der Waals surface area contributed by atoms with Crippen LogP contribution >= 0.6 is 0 Å². The molecule has 3 aliphatic rings. The molecule has 2 bridgehead atoms. The van der Waals surface area contributed by atoms with Crippen LogP contribution in [0.5, 0.6) is 0 Å². The number of anilines is 1. The van der Waals surface area contributed by atoms with Crippen LogP contribution < -0.4 is 4.90 Å². The number of amides is 2. The molecule has 0 spiro atoms. The third-order valence-electron chi connectivity index (χ3n) is 10.5. The number of hydrogen-bond acceptors (Lipinski definition) is 4. The van der Waals surface area contributed by atoms with Crippen molar-refractivity contribution in [2.45, 2.75) is 83.2 Å². The maximum absolute atomic E-state index is 13.7. The molecule has 4 heterocycles. The predicted octanol–water partition coefficient (Wildman–Crippen LogP) is 7.07. The Kier molecular flexibility index (Phi) is 9.22. The molecule has 2 atom stereocenters. The number of urea groups is 1. The Bertz CT molecular complexity index is 1570. The smallest absolute Gasteiger partial charge is 0.324 e.